The first-order chi connectivity index (χ1) is 13.8. The van der Waals surface area contributed by atoms with Crippen molar-refractivity contribution >= 4 is 38.6 Å². The number of aromatic nitrogens is 4. The van der Waals surface area contributed by atoms with Crippen LogP contribution in [0.5, 0.6) is 0 Å². The number of anilines is 2. The van der Waals surface area contributed by atoms with E-state index in [1.807, 2.05) is 0 Å². The van der Waals surface area contributed by atoms with Gasteiger partial charge in [0.25, 0.3) is 5.69 Å². The quantitative estimate of drug-likeness (QED) is 0.447. The Morgan fingerprint density at radius 2 is 1.93 bits per heavy atom. The van der Waals surface area contributed by atoms with Crippen LogP contribution in [-0.4, -0.2) is 49.8 Å². The minimum absolute atomic E-state index is 0.0125. The normalized spacial score (nSPS) is 17.7. The molecule has 4 N–H and O–H groups in total. The molecule has 1 aliphatic rings. The van der Waals surface area contributed by atoms with E-state index in [1.54, 1.807) is 4.57 Å². The number of sulfonamides is 1. The molecule has 1 saturated heterocycles. The van der Waals surface area contributed by atoms with Crippen LogP contribution in [-0.2, 0) is 16.6 Å². The van der Waals surface area contributed by atoms with Gasteiger partial charge in [-0.15, -0.1) is 0 Å². The van der Waals surface area contributed by atoms with E-state index in [1.165, 1.54) is 34.9 Å². The molecule has 0 amide bonds. The van der Waals surface area contributed by atoms with Crippen molar-refractivity contribution in [3.8, 4) is 0 Å². The van der Waals surface area contributed by atoms with Gasteiger partial charge in [0.2, 0.25) is 16.0 Å². The molecule has 0 bridgehead atoms. The maximum atomic E-state index is 13.1. The number of hydrogen-bond acceptors (Lipinski definition) is 9. The smallest absolute Gasteiger partial charge is 0.269 e. The van der Waals surface area contributed by atoms with Crippen LogP contribution in [0, 0.1) is 10.1 Å². The van der Waals surface area contributed by atoms with E-state index in [9.17, 15) is 18.5 Å². The lowest BCUT2D eigenvalue weighted by molar-refractivity contribution is -0.384. The number of rotatable bonds is 5. The molecule has 1 atom stereocenters. The number of nitrogen functional groups attached to an aromatic ring is 2. The molecule has 13 heteroatoms. The Labute approximate surface area is 165 Å². The third-order valence-corrected chi connectivity index (χ3v) is 6.86. The SMILES string of the molecule is Nc1nc(N)c2ncn(CC3CCCN3S(=O)(=O)c3ccc([N+](=O)[O-])cc3)c2n1. The monoisotopic (exact) mass is 418 g/mol. The highest BCUT2D eigenvalue weighted by atomic mass is 32.2. The Bertz CT molecular complexity index is 1190. The number of nitrogens with two attached hydrogens (primary N) is 2. The maximum Gasteiger partial charge on any atom is 0.269 e. The number of imidazole rings is 1. The number of nitrogens with zero attached hydrogens (tertiary/aromatic N) is 6. The molecule has 0 spiro atoms. The van der Waals surface area contributed by atoms with Crippen molar-refractivity contribution < 1.29 is 13.3 Å². The summed E-state index contributed by atoms with van der Waals surface area (Å²) in [6.45, 7) is 0.675. The minimum atomic E-state index is -3.81. The van der Waals surface area contributed by atoms with E-state index in [0.717, 1.165) is 0 Å². The molecule has 3 heterocycles. The summed E-state index contributed by atoms with van der Waals surface area (Å²) in [5, 5.41) is 10.8. The maximum absolute atomic E-state index is 13.1. The lowest BCUT2D eigenvalue weighted by atomic mass is 10.2. The van der Waals surface area contributed by atoms with Crippen LogP contribution >= 0.6 is 0 Å². The molecule has 0 aliphatic carbocycles. The number of nitro benzene ring substituents is 1. The average molecular weight is 418 g/mol. The van der Waals surface area contributed by atoms with Crippen LogP contribution in [0.4, 0.5) is 17.5 Å². The fourth-order valence-corrected chi connectivity index (χ4v) is 5.21. The predicted molar refractivity (Wildman–Crippen MR) is 104 cm³/mol. The summed E-state index contributed by atoms with van der Waals surface area (Å²) in [5.74, 6) is 0.173. The van der Waals surface area contributed by atoms with Crippen molar-refractivity contribution in [3.05, 3.63) is 40.7 Å². The molecule has 1 unspecified atom stereocenters. The lowest BCUT2D eigenvalue weighted by Crippen LogP contribution is -2.38. The van der Waals surface area contributed by atoms with E-state index in [2.05, 4.69) is 15.0 Å². The first-order valence-electron chi connectivity index (χ1n) is 8.77. The fraction of sp³-hybridized carbons (Fsp3) is 0.312. The van der Waals surface area contributed by atoms with Crippen LogP contribution in [0.1, 0.15) is 12.8 Å². The molecule has 152 valence electrons. The zero-order valence-corrected chi connectivity index (χ0v) is 16.0. The Morgan fingerprint density at radius 3 is 2.62 bits per heavy atom. The van der Waals surface area contributed by atoms with Crippen molar-refractivity contribution in [1.29, 1.82) is 0 Å². The Morgan fingerprint density at radius 1 is 1.21 bits per heavy atom. The first-order valence-corrected chi connectivity index (χ1v) is 10.2. The Balaban J connectivity index is 1.63. The number of benzene rings is 1. The van der Waals surface area contributed by atoms with Gasteiger partial charge in [0.1, 0.15) is 5.52 Å². The van der Waals surface area contributed by atoms with Crippen LogP contribution in [0.15, 0.2) is 35.5 Å². The second-order valence-corrected chi connectivity index (χ2v) is 8.59. The van der Waals surface area contributed by atoms with Crippen molar-refractivity contribution in [1.82, 2.24) is 23.8 Å². The van der Waals surface area contributed by atoms with Crippen molar-refractivity contribution in [3.63, 3.8) is 0 Å². The second-order valence-electron chi connectivity index (χ2n) is 6.70. The van der Waals surface area contributed by atoms with Crippen LogP contribution in [0.3, 0.4) is 0 Å². The summed E-state index contributed by atoms with van der Waals surface area (Å²) in [4.78, 5) is 22.5. The molecule has 1 aromatic carbocycles. The van der Waals surface area contributed by atoms with Gasteiger partial charge in [0.05, 0.1) is 16.1 Å². The third-order valence-electron chi connectivity index (χ3n) is 4.89. The van der Waals surface area contributed by atoms with Gasteiger partial charge in [-0.2, -0.15) is 14.3 Å². The minimum Gasteiger partial charge on any atom is -0.382 e. The van der Waals surface area contributed by atoms with Gasteiger partial charge in [-0.1, -0.05) is 0 Å². The summed E-state index contributed by atoms with van der Waals surface area (Å²) < 4.78 is 29.3. The van der Waals surface area contributed by atoms with Crippen LogP contribution < -0.4 is 11.5 Å². The van der Waals surface area contributed by atoms with Crippen molar-refractivity contribution in [2.45, 2.75) is 30.3 Å². The lowest BCUT2D eigenvalue weighted by Gasteiger charge is -2.24. The molecule has 12 nitrogen and oxygen atoms in total. The second kappa shape index (κ2) is 6.93. The zero-order valence-electron chi connectivity index (χ0n) is 15.2. The molecule has 1 aliphatic heterocycles. The van der Waals surface area contributed by atoms with E-state index >= 15 is 0 Å². The van der Waals surface area contributed by atoms with E-state index < -0.39 is 14.9 Å². The Hall–Kier alpha value is -3.32. The number of hydrogen-bond donors (Lipinski definition) is 2. The van der Waals surface area contributed by atoms with Crippen LogP contribution in [0.2, 0.25) is 0 Å². The molecule has 0 radical (unpaired) electrons. The summed E-state index contributed by atoms with van der Waals surface area (Å²) >= 11 is 0. The van der Waals surface area contributed by atoms with Crippen molar-refractivity contribution in [2.75, 3.05) is 18.0 Å². The third kappa shape index (κ3) is 3.34. The topological polar surface area (TPSA) is 176 Å². The molecule has 3 aromatic rings. The molecule has 1 fully saturated rings. The fourth-order valence-electron chi connectivity index (χ4n) is 3.53. The first kappa shape index (κ1) is 19.0. The van der Waals surface area contributed by atoms with E-state index in [0.29, 0.717) is 37.1 Å². The zero-order chi connectivity index (χ0) is 20.8. The predicted octanol–water partition coefficient (Wildman–Crippen LogP) is 0.752. The molecule has 29 heavy (non-hydrogen) atoms. The summed E-state index contributed by atoms with van der Waals surface area (Å²) in [6, 6.07) is 4.55. The van der Waals surface area contributed by atoms with Gasteiger partial charge >= 0.3 is 0 Å². The number of nitro groups is 1. The molecule has 0 saturated carbocycles. The van der Waals surface area contributed by atoms with Gasteiger partial charge in [-0.05, 0) is 25.0 Å². The van der Waals surface area contributed by atoms with Gasteiger partial charge < -0.3 is 16.0 Å². The molecular formula is C16H18N8O4S. The van der Waals surface area contributed by atoms with Gasteiger partial charge in [0.15, 0.2) is 11.5 Å². The molecule has 4 rings (SSSR count). The largest absolute Gasteiger partial charge is 0.382 e. The van der Waals surface area contributed by atoms with E-state index in [-0.39, 0.29) is 28.4 Å². The van der Waals surface area contributed by atoms with Gasteiger partial charge in [-0.25, -0.2) is 13.4 Å². The number of non-ortho nitro benzene ring substituents is 1. The van der Waals surface area contributed by atoms with E-state index in [4.69, 9.17) is 11.5 Å². The highest BCUT2D eigenvalue weighted by Gasteiger charge is 2.36. The highest BCUT2D eigenvalue weighted by molar-refractivity contribution is 7.89. The van der Waals surface area contributed by atoms with Gasteiger partial charge in [0, 0.05) is 31.3 Å². The standard InChI is InChI=1S/C16H18N8O4S/c17-14-13-15(21-16(18)20-14)22(9-19-13)8-11-2-1-7-23(11)29(27,28)12-5-3-10(4-6-12)24(25)26/h3-6,9,11H,1-2,7-8H2,(H4,17,18,20,21). The summed E-state index contributed by atoms with van der Waals surface area (Å²) in [6.07, 6.45) is 2.88. The van der Waals surface area contributed by atoms with Crippen LogP contribution in [0.25, 0.3) is 11.2 Å². The molecular weight excluding hydrogens is 400 g/mol. The average Bonchev–Trinajstić information content (AvgIpc) is 3.30. The highest BCUT2D eigenvalue weighted by Crippen LogP contribution is 2.29. The van der Waals surface area contributed by atoms with Crippen molar-refractivity contribution in [2.24, 2.45) is 0 Å². The Kier molecular flexibility index (Phi) is 4.55. The number of fused-ring (bicyclic) bond motifs is 1. The summed E-state index contributed by atoms with van der Waals surface area (Å²) in [5.41, 5.74) is 12.2. The van der Waals surface area contributed by atoms with Gasteiger partial charge in [-0.3, -0.25) is 10.1 Å². The molecule has 2 aromatic heterocycles. The summed E-state index contributed by atoms with van der Waals surface area (Å²) in [7, 11) is -3.81.